The molecule has 0 spiro atoms. The van der Waals surface area contributed by atoms with Crippen LogP contribution in [-0.4, -0.2) is 71.3 Å². The van der Waals surface area contributed by atoms with Gasteiger partial charge in [-0.1, -0.05) is 13.5 Å². The van der Waals surface area contributed by atoms with Gasteiger partial charge in [0.15, 0.2) is 6.23 Å². The first-order valence-electron chi connectivity index (χ1n) is 7.39. The number of nitrogens with zero attached hydrogens (tertiary/aromatic N) is 2. The van der Waals surface area contributed by atoms with Crippen LogP contribution in [0.3, 0.4) is 0 Å². The molecule has 4 N–H and O–H groups in total. The molecule has 23 heavy (non-hydrogen) atoms. The van der Waals surface area contributed by atoms with Crippen LogP contribution in [0.5, 0.6) is 0 Å². The minimum absolute atomic E-state index is 0.0974. The van der Waals surface area contributed by atoms with Crippen molar-refractivity contribution < 1.29 is 14.9 Å². The van der Waals surface area contributed by atoms with Crippen LogP contribution in [0, 0.1) is 5.92 Å². The molecule has 2 aliphatic heterocycles. The number of aliphatic hydroxyl groups excluding tert-OH is 2. The van der Waals surface area contributed by atoms with Crippen LogP contribution in [0.25, 0.3) is 0 Å². The molecule has 0 aromatic heterocycles. The van der Waals surface area contributed by atoms with Crippen molar-refractivity contribution >= 4 is 41.6 Å². The predicted octanol–water partition coefficient (Wildman–Crippen LogP) is 1.20. The maximum atomic E-state index is 10.4. The first-order valence-corrected chi connectivity index (χ1v) is 11.5. The normalized spacial score (nSPS) is 33.5. The van der Waals surface area contributed by atoms with Gasteiger partial charge in [0.2, 0.25) is 0 Å². The molecule has 2 rings (SSSR count). The fraction of sp³-hybridized carbons (Fsp3) is 0.600. The second-order valence-electron chi connectivity index (χ2n) is 6.87. The van der Waals surface area contributed by atoms with E-state index < -0.39 is 31.4 Å². The number of aliphatic imine (C=N–C) groups is 1. The molecule has 0 radical (unpaired) electrons. The fourth-order valence-corrected chi connectivity index (χ4v) is 5.19. The van der Waals surface area contributed by atoms with Crippen molar-refractivity contribution in [3.63, 3.8) is 0 Å². The van der Waals surface area contributed by atoms with E-state index in [0.29, 0.717) is 11.7 Å². The lowest BCUT2D eigenvalue weighted by Gasteiger charge is -2.31. The molecule has 0 bridgehead atoms. The topological polar surface area (TPSA) is 91.3 Å². The lowest BCUT2D eigenvalue weighted by molar-refractivity contribution is -0.0680. The van der Waals surface area contributed by atoms with Gasteiger partial charge in [-0.3, -0.25) is 0 Å². The van der Waals surface area contributed by atoms with Crippen molar-refractivity contribution in [3.05, 3.63) is 22.2 Å². The van der Waals surface area contributed by atoms with Crippen molar-refractivity contribution in [1.82, 2.24) is 4.90 Å². The Bertz CT molecular complexity index is 601. The highest BCUT2D eigenvalue weighted by Gasteiger charge is 2.48. The molecule has 0 aromatic rings. The van der Waals surface area contributed by atoms with Gasteiger partial charge >= 0.3 is 0 Å². The van der Waals surface area contributed by atoms with Gasteiger partial charge in [0.05, 0.1) is 9.68 Å². The lowest BCUT2D eigenvalue weighted by Crippen LogP contribution is -2.42. The first kappa shape index (κ1) is 19.0. The third kappa shape index (κ3) is 4.20. The number of nitrogens with two attached hydrogens (primary N) is 1. The Morgan fingerprint density at radius 1 is 1.48 bits per heavy atom. The Labute approximate surface area is 151 Å². The number of hydrogen-bond acceptors (Lipinski definition) is 6. The third-order valence-corrected chi connectivity index (χ3v) is 6.33. The molecule has 0 saturated carbocycles. The van der Waals surface area contributed by atoms with E-state index in [0.717, 1.165) is 9.74 Å². The van der Waals surface area contributed by atoms with Crippen molar-refractivity contribution in [2.24, 2.45) is 16.6 Å². The van der Waals surface area contributed by atoms with Crippen LogP contribution in [-0.2, 0) is 4.74 Å². The van der Waals surface area contributed by atoms with Gasteiger partial charge in [-0.25, -0.2) is 4.99 Å². The molecule has 1 saturated heterocycles. The summed E-state index contributed by atoms with van der Waals surface area (Å²) in [5.74, 6) is 0.867. The summed E-state index contributed by atoms with van der Waals surface area (Å²) in [5, 5.41) is 20.8. The Morgan fingerprint density at radius 2 is 2.09 bits per heavy atom. The molecule has 6 nitrogen and oxygen atoms in total. The average Bonchev–Trinajstić information content (AvgIpc) is 2.69. The predicted molar refractivity (Wildman–Crippen MR) is 105 cm³/mol. The van der Waals surface area contributed by atoms with Gasteiger partial charge in [0, 0.05) is 6.20 Å². The van der Waals surface area contributed by atoms with Gasteiger partial charge in [-0.15, -0.1) is 13.2 Å². The minimum Gasteiger partial charge on any atom is -0.388 e. The summed E-state index contributed by atoms with van der Waals surface area (Å²) in [6.45, 7) is 8.91. The Hall–Kier alpha value is -0.340. The standard InChI is InChI=1S/C15H25IN3O3P/c1-8(7-23(3,4)5)13-11(20)12(21)15(22-13)19-6-10(16)14(17)18-9(19)2/h6,8,11-13,15,20-21H,2-3,7H2,1,4-5H3,(H2,17,18)/t8?,11-,12+,13+,15+/m0/s1. The maximum absolute atomic E-state index is 10.4. The van der Waals surface area contributed by atoms with Crippen LogP contribution < -0.4 is 5.73 Å². The number of amidine groups is 1. The van der Waals surface area contributed by atoms with Crippen molar-refractivity contribution in [2.45, 2.75) is 31.5 Å². The average molecular weight is 453 g/mol. The quantitative estimate of drug-likeness (QED) is 0.440. The number of hydrogen-bond donors (Lipinski definition) is 3. The molecular formula is C15H25IN3O3P. The van der Waals surface area contributed by atoms with Crippen LogP contribution in [0.2, 0.25) is 0 Å². The van der Waals surface area contributed by atoms with Gasteiger partial charge in [-0.2, -0.15) is 0 Å². The summed E-state index contributed by atoms with van der Waals surface area (Å²) >= 11 is 2.06. The summed E-state index contributed by atoms with van der Waals surface area (Å²) in [4.78, 5) is 5.78. The van der Waals surface area contributed by atoms with E-state index in [1.165, 1.54) is 0 Å². The Balaban J connectivity index is 2.17. The number of aliphatic hydroxyl groups is 2. The monoisotopic (exact) mass is 453 g/mol. The number of halogens is 1. The minimum atomic E-state index is -1.26. The summed E-state index contributed by atoms with van der Waals surface area (Å²) in [6.07, 6.45) is 3.66. The van der Waals surface area contributed by atoms with E-state index in [4.69, 9.17) is 10.5 Å². The zero-order valence-corrected chi connectivity index (χ0v) is 16.7. The Kier molecular flexibility index (Phi) is 5.68. The molecule has 2 aliphatic rings. The summed E-state index contributed by atoms with van der Waals surface area (Å²) in [6, 6.07) is 0. The highest BCUT2D eigenvalue weighted by molar-refractivity contribution is 14.1. The van der Waals surface area contributed by atoms with E-state index in [1.54, 1.807) is 11.1 Å². The first-order chi connectivity index (χ1) is 10.5. The van der Waals surface area contributed by atoms with Crippen molar-refractivity contribution in [3.8, 4) is 0 Å². The van der Waals surface area contributed by atoms with Gasteiger partial charge in [0.25, 0.3) is 0 Å². The summed E-state index contributed by atoms with van der Waals surface area (Å²) < 4.78 is 6.72. The SMILES string of the molecule is C=C1N=C(N)C(I)=CN1[C@@H]1O[C@H](C(C)CP(=C)(C)C)[C@@H](O)[C@H]1O. The van der Waals surface area contributed by atoms with Gasteiger partial charge < -0.3 is 25.6 Å². The fourth-order valence-electron chi connectivity index (χ4n) is 3.00. The van der Waals surface area contributed by atoms with Crippen LogP contribution >= 0.6 is 29.5 Å². The zero-order valence-electron chi connectivity index (χ0n) is 13.7. The highest BCUT2D eigenvalue weighted by Crippen LogP contribution is 2.41. The molecule has 0 aromatic carbocycles. The van der Waals surface area contributed by atoms with Crippen LogP contribution in [0.4, 0.5) is 0 Å². The molecule has 0 aliphatic carbocycles. The molecular weight excluding hydrogens is 428 g/mol. The molecule has 8 heteroatoms. The molecule has 5 atom stereocenters. The zero-order chi connectivity index (χ0) is 17.5. The molecule has 1 unspecified atom stereocenters. The van der Waals surface area contributed by atoms with Crippen molar-refractivity contribution in [2.75, 3.05) is 19.5 Å². The molecule has 2 heterocycles. The summed E-state index contributed by atoms with van der Waals surface area (Å²) in [5.41, 5.74) is 5.77. The largest absolute Gasteiger partial charge is 0.388 e. The van der Waals surface area contributed by atoms with E-state index in [9.17, 15) is 10.2 Å². The lowest BCUT2D eigenvalue weighted by atomic mass is 10.00. The van der Waals surface area contributed by atoms with Crippen molar-refractivity contribution in [1.29, 1.82) is 0 Å². The maximum Gasteiger partial charge on any atom is 0.164 e. The van der Waals surface area contributed by atoms with Crippen LogP contribution in [0.15, 0.2) is 27.2 Å². The van der Waals surface area contributed by atoms with Gasteiger partial charge in [-0.05, 0) is 48.0 Å². The molecule has 0 amide bonds. The van der Waals surface area contributed by atoms with E-state index in [1.807, 2.05) is 6.92 Å². The Morgan fingerprint density at radius 3 is 2.65 bits per heavy atom. The summed E-state index contributed by atoms with van der Waals surface area (Å²) in [7, 11) is 0. The molecule has 1 fully saturated rings. The highest BCUT2D eigenvalue weighted by atomic mass is 127. The molecule has 130 valence electrons. The van der Waals surface area contributed by atoms with E-state index in [2.05, 4.69) is 53.8 Å². The van der Waals surface area contributed by atoms with Gasteiger partial charge in [0.1, 0.15) is 23.9 Å². The third-order valence-electron chi connectivity index (χ3n) is 3.94. The van der Waals surface area contributed by atoms with Crippen LogP contribution in [0.1, 0.15) is 6.92 Å². The second-order valence-corrected chi connectivity index (χ2v) is 12.3. The number of rotatable bonds is 4. The van der Waals surface area contributed by atoms with E-state index in [-0.39, 0.29) is 5.92 Å². The number of ether oxygens (including phenoxy) is 1. The smallest absolute Gasteiger partial charge is 0.164 e. The second kappa shape index (κ2) is 6.88. The van der Waals surface area contributed by atoms with E-state index >= 15 is 0 Å².